The molecule has 0 saturated carbocycles. The topological polar surface area (TPSA) is 43.6 Å². The van der Waals surface area contributed by atoms with Crippen molar-refractivity contribution in [3.05, 3.63) is 65.7 Å². The number of benzene rings is 2. The highest BCUT2D eigenvalue weighted by molar-refractivity contribution is 7.15. The molecule has 0 saturated heterocycles. The minimum atomic E-state index is 0.123. The molecule has 2 aromatic heterocycles. The fraction of sp³-hybridized carbons (Fsp3) is 0.143. The lowest BCUT2D eigenvalue weighted by molar-refractivity contribution is 0.111. The molecule has 0 bridgehead atoms. The number of carbonyl (C=O) groups excluding carboxylic acids is 1. The van der Waals surface area contributed by atoms with Gasteiger partial charge >= 0.3 is 0 Å². The van der Waals surface area contributed by atoms with Crippen LogP contribution >= 0.6 is 11.3 Å². The first-order valence-electron chi connectivity index (χ1n) is 8.45. The molecule has 0 fully saturated rings. The number of aromatic nitrogens is 2. The predicted octanol–water partition coefficient (Wildman–Crippen LogP) is 5.33. The minimum Gasteiger partial charge on any atom is -0.491 e. The fourth-order valence-electron chi connectivity index (χ4n) is 2.98. The Morgan fingerprint density at radius 3 is 2.42 bits per heavy atom. The zero-order valence-electron chi connectivity index (χ0n) is 14.5. The van der Waals surface area contributed by atoms with Crippen LogP contribution in [0.2, 0.25) is 0 Å². The number of nitrogens with zero attached hydrogens (tertiary/aromatic N) is 2. The van der Waals surface area contributed by atoms with Crippen LogP contribution in [0.5, 0.6) is 5.75 Å². The molecule has 0 aliphatic rings. The molecule has 5 heteroatoms. The van der Waals surface area contributed by atoms with E-state index in [1.807, 2.05) is 78.2 Å². The third-order valence-corrected chi connectivity index (χ3v) is 4.91. The molecule has 0 N–H and O–H groups in total. The lowest BCUT2D eigenvalue weighted by Crippen LogP contribution is -2.05. The fourth-order valence-corrected chi connectivity index (χ4v) is 3.88. The Morgan fingerprint density at radius 1 is 1.04 bits per heavy atom. The highest BCUT2D eigenvalue weighted by Crippen LogP contribution is 2.32. The Bertz CT molecular complexity index is 1050. The summed E-state index contributed by atoms with van der Waals surface area (Å²) in [7, 11) is 0. The van der Waals surface area contributed by atoms with Crippen LogP contribution in [0, 0.1) is 0 Å². The number of rotatable bonds is 5. The van der Waals surface area contributed by atoms with Gasteiger partial charge in [0, 0.05) is 10.9 Å². The number of fused-ring (bicyclic) bond motifs is 1. The van der Waals surface area contributed by atoms with Crippen LogP contribution in [-0.4, -0.2) is 21.8 Å². The van der Waals surface area contributed by atoms with Crippen LogP contribution in [0.1, 0.15) is 24.3 Å². The summed E-state index contributed by atoms with van der Waals surface area (Å²) in [5.41, 5.74) is 4.20. The number of aldehydes is 1. The molecular weight excluding hydrogens is 344 g/mol. The Kier molecular flexibility index (Phi) is 4.31. The van der Waals surface area contributed by atoms with Gasteiger partial charge in [-0.1, -0.05) is 30.3 Å². The number of thiazole rings is 1. The smallest absolute Gasteiger partial charge is 0.195 e. The third kappa shape index (κ3) is 2.91. The molecule has 0 aliphatic heterocycles. The van der Waals surface area contributed by atoms with E-state index in [9.17, 15) is 4.79 Å². The Labute approximate surface area is 155 Å². The van der Waals surface area contributed by atoms with Gasteiger partial charge in [-0.25, -0.2) is 4.98 Å². The van der Waals surface area contributed by atoms with Crippen LogP contribution in [0.15, 0.2) is 60.0 Å². The lowest BCUT2D eigenvalue weighted by atomic mass is 10.1. The van der Waals surface area contributed by atoms with Gasteiger partial charge in [0.15, 0.2) is 11.2 Å². The summed E-state index contributed by atoms with van der Waals surface area (Å²) < 4.78 is 7.62. The summed E-state index contributed by atoms with van der Waals surface area (Å²) in [6.45, 7) is 3.99. The Balaban J connectivity index is 1.82. The van der Waals surface area contributed by atoms with Crippen molar-refractivity contribution in [3.63, 3.8) is 0 Å². The summed E-state index contributed by atoms with van der Waals surface area (Å²) in [5.74, 6) is 0.808. The quantitative estimate of drug-likeness (QED) is 0.451. The number of hydrogen-bond acceptors (Lipinski definition) is 4. The maximum Gasteiger partial charge on any atom is 0.195 e. The van der Waals surface area contributed by atoms with E-state index < -0.39 is 0 Å². The van der Waals surface area contributed by atoms with Crippen LogP contribution in [-0.2, 0) is 0 Å². The maximum atomic E-state index is 11.9. The molecular formula is C21H18N2O2S. The second-order valence-corrected chi connectivity index (χ2v) is 7.10. The monoisotopic (exact) mass is 362 g/mol. The zero-order chi connectivity index (χ0) is 18.1. The summed E-state index contributed by atoms with van der Waals surface area (Å²) in [6.07, 6.45) is 1.00. The Morgan fingerprint density at radius 2 is 1.77 bits per heavy atom. The number of imidazole rings is 1. The van der Waals surface area contributed by atoms with E-state index in [1.165, 1.54) is 11.3 Å². The van der Waals surface area contributed by atoms with Crippen molar-refractivity contribution in [3.8, 4) is 28.3 Å². The first kappa shape index (κ1) is 16.5. The first-order valence-corrected chi connectivity index (χ1v) is 9.33. The second-order valence-electron chi connectivity index (χ2n) is 6.26. The SMILES string of the molecule is CC(C)Oc1ccc(-c2nc3scc(-c4ccccc4)n3c2C=O)cc1. The number of hydrogen-bond donors (Lipinski definition) is 0. The van der Waals surface area contributed by atoms with Gasteiger partial charge in [0.2, 0.25) is 0 Å². The van der Waals surface area contributed by atoms with Crippen LogP contribution in [0.3, 0.4) is 0 Å². The second kappa shape index (κ2) is 6.77. The Hall–Kier alpha value is -2.92. The van der Waals surface area contributed by atoms with Crippen molar-refractivity contribution in [1.29, 1.82) is 0 Å². The lowest BCUT2D eigenvalue weighted by Gasteiger charge is -2.09. The van der Waals surface area contributed by atoms with Gasteiger partial charge in [0.25, 0.3) is 0 Å². The standard InChI is InChI=1S/C21H18N2O2S/c1-14(2)25-17-10-8-16(9-11-17)20-18(12-24)23-19(13-26-21(23)22-20)15-6-4-3-5-7-15/h3-14H,1-2H3. The molecule has 4 aromatic rings. The molecule has 4 rings (SSSR count). The average Bonchev–Trinajstić information content (AvgIpc) is 3.21. The van der Waals surface area contributed by atoms with Crippen LogP contribution in [0.25, 0.3) is 27.5 Å². The van der Waals surface area contributed by atoms with Crippen molar-refractivity contribution in [2.24, 2.45) is 0 Å². The summed E-state index contributed by atoms with van der Waals surface area (Å²) in [6, 6.07) is 17.7. The van der Waals surface area contributed by atoms with Gasteiger partial charge in [0.05, 0.1) is 11.8 Å². The third-order valence-electron chi connectivity index (χ3n) is 4.08. The van der Waals surface area contributed by atoms with Gasteiger partial charge < -0.3 is 4.74 Å². The molecule has 0 spiro atoms. The van der Waals surface area contributed by atoms with Gasteiger partial charge in [-0.15, -0.1) is 11.3 Å². The van der Waals surface area contributed by atoms with E-state index in [4.69, 9.17) is 9.72 Å². The predicted molar refractivity (Wildman–Crippen MR) is 105 cm³/mol. The first-order chi connectivity index (χ1) is 12.7. The summed E-state index contributed by atoms with van der Waals surface area (Å²) >= 11 is 1.53. The molecule has 2 heterocycles. The van der Waals surface area contributed by atoms with Gasteiger partial charge in [0.1, 0.15) is 17.1 Å². The minimum absolute atomic E-state index is 0.123. The highest BCUT2D eigenvalue weighted by atomic mass is 32.1. The van der Waals surface area contributed by atoms with E-state index in [1.54, 1.807) is 0 Å². The maximum absolute atomic E-state index is 11.9. The summed E-state index contributed by atoms with van der Waals surface area (Å²) in [5, 5.41) is 2.04. The van der Waals surface area contributed by atoms with E-state index >= 15 is 0 Å². The van der Waals surface area contributed by atoms with Gasteiger partial charge in [-0.05, 0) is 43.7 Å². The molecule has 2 aromatic carbocycles. The normalized spacial score (nSPS) is 11.2. The van der Waals surface area contributed by atoms with E-state index in [-0.39, 0.29) is 6.10 Å². The van der Waals surface area contributed by atoms with Crippen molar-refractivity contribution in [2.75, 3.05) is 0 Å². The van der Waals surface area contributed by atoms with Gasteiger partial charge in [-0.2, -0.15) is 0 Å². The van der Waals surface area contributed by atoms with Crippen molar-refractivity contribution < 1.29 is 9.53 Å². The number of ether oxygens (including phenoxy) is 1. The molecule has 0 radical (unpaired) electrons. The molecule has 130 valence electrons. The molecule has 0 unspecified atom stereocenters. The van der Waals surface area contributed by atoms with E-state index in [0.29, 0.717) is 11.4 Å². The molecule has 4 nitrogen and oxygen atoms in total. The molecule has 0 aliphatic carbocycles. The average molecular weight is 362 g/mol. The van der Waals surface area contributed by atoms with Crippen LogP contribution < -0.4 is 4.74 Å². The summed E-state index contributed by atoms with van der Waals surface area (Å²) in [4.78, 5) is 17.4. The van der Waals surface area contributed by atoms with E-state index in [2.05, 4.69) is 0 Å². The molecule has 26 heavy (non-hydrogen) atoms. The molecule has 0 amide bonds. The number of carbonyl (C=O) groups is 1. The van der Waals surface area contributed by atoms with Crippen molar-refractivity contribution >= 4 is 22.6 Å². The zero-order valence-corrected chi connectivity index (χ0v) is 15.4. The van der Waals surface area contributed by atoms with Crippen LogP contribution in [0.4, 0.5) is 0 Å². The van der Waals surface area contributed by atoms with Gasteiger partial charge in [-0.3, -0.25) is 9.20 Å². The van der Waals surface area contributed by atoms with E-state index in [0.717, 1.165) is 33.8 Å². The molecule has 0 atom stereocenters. The largest absolute Gasteiger partial charge is 0.491 e. The van der Waals surface area contributed by atoms with Crippen molar-refractivity contribution in [2.45, 2.75) is 20.0 Å². The highest BCUT2D eigenvalue weighted by Gasteiger charge is 2.18. The van der Waals surface area contributed by atoms with Crippen molar-refractivity contribution in [1.82, 2.24) is 9.38 Å².